The minimum atomic E-state index is -0.0523. The number of rotatable bonds is 5. The SMILES string of the molecule is C=CCn1c2ccccc2n2nc(C)c(C(=O)/C=C/c3cccc4ccccc34)c12. The molecule has 0 spiro atoms. The van der Waals surface area contributed by atoms with E-state index in [0.29, 0.717) is 12.1 Å². The van der Waals surface area contributed by atoms with Crippen molar-refractivity contribution in [2.24, 2.45) is 0 Å². The molecule has 0 saturated carbocycles. The van der Waals surface area contributed by atoms with Gasteiger partial charge in [0.25, 0.3) is 0 Å². The number of para-hydroxylation sites is 2. The number of carbonyl (C=O) groups is 1. The van der Waals surface area contributed by atoms with Gasteiger partial charge in [-0.3, -0.25) is 4.79 Å². The van der Waals surface area contributed by atoms with Gasteiger partial charge in [-0.05, 0) is 41.5 Å². The molecule has 0 radical (unpaired) electrons. The van der Waals surface area contributed by atoms with Crippen molar-refractivity contribution in [3.8, 4) is 0 Å². The summed E-state index contributed by atoms with van der Waals surface area (Å²) in [5, 5.41) is 6.96. The third-order valence-electron chi connectivity index (χ3n) is 5.49. The van der Waals surface area contributed by atoms with Gasteiger partial charge in [-0.15, -0.1) is 6.58 Å². The van der Waals surface area contributed by atoms with Crippen molar-refractivity contribution in [2.75, 3.05) is 0 Å². The molecule has 0 N–H and O–H groups in total. The van der Waals surface area contributed by atoms with E-state index in [0.717, 1.165) is 38.7 Å². The van der Waals surface area contributed by atoms with E-state index < -0.39 is 0 Å². The largest absolute Gasteiger partial charge is 0.320 e. The van der Waals surface area contributed by atoms with Crippen LogP contribution in [0.3, 0.4) is 0 Å². The van der Waals surface area contributed by atoms with Crippen LogP contribution in [0.25, 0.3) is 33.5 Å². The van der Waals surface area contributed by atoms with Gasteiger partial charge in [-0.1, -0.05) is 66.7 Å². The van der Waals surface area contributed by atoms with E-state index in [-0.39, 0.29) is 5.78 Å². The number of allylic oxidation sites excluding steroid dienone is 2. The normalized spacial score (nSPS) is 11.8. The molecule has 0 bridgehead atoms. The van der Waals surface area contributed by atoms with Crippen LogP contribution in [0.15, 0.2) is 85.5 Å². The Bertz CT molecular complexity index is 1460. The smallest absolute Gasteiger partial charge is 0.191 e. The first-order valence-corrected chi connectivity index (χ1v) is 9.96. The van der Waals surface area contributed by atoms with E-state index in [2.05, 4.69) is 34.4 Å². The van der Waals surface area contributed by atoms with Crippen LogP contribution in [0.5, 0.6) is 0 Å². The lowest BCUT2D eigenvalue weighted by Gasteiger charge is -2.04. The number of aromatic nitrogens is 3. The lowest BCUT2D eigenvalue weighted by Crippen LogP contribution is -2.02. The highest BCUT2D eigenvalue weighted by Gasteiger charge is 2.21. The van der Waals surface area contributed by atoms with Gasteiger partial charge in [-0.25, -0.2) is 4.52 Å². The maximum Gasteiger partial charge on any atom is 0.191 e. The topological polar surface area (TPSA) is 39.3 Å². The molecule has 0 atom stereocenters. The fraction of sp³-hybridized carbons (Fsp3) is 0.0769. The molecule has 5 aromatic rings. The average Bonchev–Trinajstić information content (AvgIpc) is 3.26. The van der Waals surface area contributed by atoms with Crippen LogP contribution in [0.1, 0.15) is 21.6 Å². The van der Waals surface area contributed by atoms with Crippen LogP contribution >= 0.6 is 0 Å². The summed E-state index contributed by atoms with van der Waals surface area (Å²) in [5.74, 6) is -0.0523. The Labute approximate surface area is 174 Å². The molecule has 0 fully saturated rings. The van der Waals surface area contributed by atoms with Gasteiger partial charge < -0.3 is 4.57 Å². The maximum absolute atomic E-state index is 13.3. The highest BCUT2D eigenvalue weighted by Crippen LogP contribution is 2.27. The van der Waals surface area contributed by atoms with Crippen molar-refractivity contribution in [2.45, 2.75) is 13.5 Å². The van der Waals surface area contributed by atoms with Gasteiger partial charge >= 0.3 is 0 Å². The minimum absolute atomic E-state index is 0.0523. The van der Waals surface area contributed by atoms with E-state index in [9.17, 15) is 4.79 Å². The second-order valence-electron chi connectivity index (χ2n) is 7.35. The summed E-state index contributed by atoms with van der Waals surface area (Å²) in [4.78, 5) is 13.3. The van der Waals surface area contributed by atoms with Crippen LogP contribution in [0, 0.1) is 6.92 Å². The summed E-state index contributed by atoms with van der Waals surface area (Å²) in [6, 6.07) is 22.4. The Hall–Kier alpha value is -3.92. The first-order chi connectivity index (χ1) is 14.7. The Morgan fingerprint density at radius 1 is 1.00 bits per heavy atom. The number of carbonyl (C=O) groups excluding carboxylic acids is 1. The van der Waals surface area contributed by atoms with Crippen LogP contribution < -0.4 is 0 Å². The summed E-state index contributed by atoms with van der Waals surface area (Å²) in [6.45, 7) is 6.38. The summed E-state index contributed by atoms with van der Waals surface area (Å²) in [7, 11) is 0. The van der Waals surface area contributed by atoms with Crippen LogP contribution in [-0.2, 0) is 6.54 Å². The zero-order chi connectivity index (χ0) is 20.7. The number of benzene rings is 3. The molecule has 0 saturated heterocycles. The molecule has 0 aliphatic rings. The Morgan fingerprint density at radius 2 is 1.73 bits per heavy atom. The fourth-order valence-electron chi connectivity index (χ4n) is 4.16. The van der Waals surface area contributed by atoms with Crippen LogP contribution in [0.2, 0.25) is 0 Å². The molecule has 30 heavy (non-hydrogen) atoms. The predicted molar refractivity (Wildman–Crippen MR) is 123 cm³/mol. The highest BCUT2D eigenvalue weighted by atomic mass is 16.1. The summed E-state index contributed by atoms with van der Waals surface area (Å²) >= 11 is 0. The average molecular weight is 391 g/mol. The summed E-state index contributed by atoms with van der Waals surface area (Å²) < 4.78 is 3.97. The molecule has 2 aromatic heterocycles. The summed E-state index contributed by atoms with van der Waals surface area (Å²) in [5.41, 5.74) is 5.20. The monoisotopic (exact) mass is 391 g/mol. The number of fused-ring (bicyclic) bond motifs is 4. The van der Waals surface area contributed by atoms with Crippen molar-refractivity contribution >= 4 is 39.3 Å². The van der Waals surface area contributed by atoms with Crippen molar-refractivity contribution in [1.29, 1.82) is 0 Å². The third kappa shape index (κ3) is 2.77. The van der Waals surface area contributed by atoms with Crippen molar-refractivity contribution in [3.05, 3.63) is 102 Å². The highest BCUT2D eigenvalue weighted by molar-refractivity contribution is 6.13. The molecule has 4 heteroatoms. The number of imidazole rings is 1. The maximum atomic E-state index is 13.3. The lowest BCUT2D eigenvalue weighted by atomic mass is 10.0. The van der Waals surface area contributed by atoms with Gasteiger partial charge in [0.05, 0.1) is 22.3 Å². The number of hydrogen-bond acceptors (Lipinski definition) is 2. The molecular weight excluding hydrogens is 370 g/mol. The third-order valence-corrected chi connectivity index (χ3v) is 5.49. The van der Waals surface area contributed by atoms with E-state index in [1.807, 2.05) is 72.1 Å². The molecule has 4 nitrogen and oxygen atoms in total. The van der Waals surface area contributed by atoms with E-state index in [4.69, 9.17) is 0 Å². The predicted octanol–water partition coefficient (Wildman–Crippen LogP) is 5.83. The van der Waals surface area contributed by atoms with E-state index in [1.54, 1.807) is 6.08 Å². The molecule has 0 unspecified atom stereocenters. The van der Waals surface area contributed by atoms with Gasteiger partial charge in [0.15, 0.2) is 5.78 Å². The Balaban J connectivity index is 1.65. The fourth-order valence-corrected chi connectivity index (χ4v) is 4.16. The number of nitrogens with zero attached hydrogens (tertiary/aromatic N) is 3. The molecule has 0 aliphatic carbocycles. The zero-order valence-electron chi connectivity index (χ0n) is 16.7. The Morgan fingerprint density at radius 3 is 2.57 bits per heavy atom. The van der Waals surface area contributed by atoms with E-state index >= 15 is 0 Å². The lowest BCUT2D eigenvalue weighted by molar-refractivity contribution is 0.104. The molecule has 2 heterocycles. The molecule has 0 aliphatic heterocycles. The molecule has 146 valence electrons. The van der Waals surface area contributed by atoms with E-state index in [1.165, 1.54) is 0 Å². The van der Waals surface area contributed by atoms with Crippen molar-refractivity contribution in [3.63, 3.8) is 0 Å². The standard InChI is InChI=1S/C26H21N3O/c1-3-17-28-22-13-6-7-14-23(22)29-26(28)25(18(2)27-29)24(30)16-15-20-11-8-10-19-9-4-5-12-21(19)20/h3-16H,1,17H2,2H3/b16-15+. The second-order valence-corrected chi connectivity index (χ2v) is 7.35. The first-order valence-electron chi connectivity index (χ1n) is 9.96. The number of aryl methyl sites for hydroxylation is 1. The van der Waals surface area contributed by atoms with Gasteiger partial charge in [0.1, 0.15) is 5.65 Å². The first kappa shape index (κ1) is 18.1. The molecule has 3 aromatic carbocycles. The molecule has 5 rings (SSSR count). The Kier molecular flexibility index (Phi) is 4.32. The quantitative estimate of drug-likeness (QED) is 0.215. The molecular formula is C26H21N3O. The van der Waals surface area contributed by atoms with Gasteiger partial charge in [0, 0.05) is 6.54 Å². The summed E-state index contributed by atoms with van der Waals surface area (Å²) in [6.07, 6.45) is 5.39. The number of hydrogen-bond donors (Lipinski definition) is 0. The van der Waals surface area contributed by atoms with Gasteiger partial charge in [-0.2, -0.15) is 5.10 Å². The van der Waals surface area contributed by atoms with Crippen molar-refractivity contribution in [1.82, 2.24) is 14.2 Å². The molecule has 0 amide bonds. The number of ketones is 1. The van der Waals surface area contributed by atoms with Crippen LogP contribution in [0.4, 0.5) is 0 Å². The van der Waals surface area contributed by atoms with Crippen LogP contribution in [-0.4, -0.2) is 20.0 Å². The zero-order valence-corrected chi connectivity index (χ0v) is 16.7. The minimum Gasteiger partial charge on any atom is -0.320 e. The van der Waals surface area contributed by atoms with Crippen molar-refractivity contribution < 1.29 is 4.79 Å². The van der Waals surface area contributed by atoms with Gasteiger partial charge in [0.2, 0.25) is 0 Å². The second kappa shape index (κ2) is 7.16.